The lowest BCUT2D eigenvalue weighted by Gasteiger charge is -2.01. The number of benzene rings is 1. The first-order valence-corrected chi connectivity index (χ1v) is 6.26. The van der Waals surface area contributed by atoms with Crippen LogP contribution in [0.5, 0.6) is 0 Å². The summed E-state index contributed by atoms with van der Waals surface area (Å²) in [7, 11) is 0. The van der Waals surface area contributed by atoms with E-state index in [4.69, 9.17) is 0 Å². The van der Waals surface area contributed by atoms with Crippen LogP contribution in [0.2, 0.25) is 0 Å². The molecule has 0 atom stereocenters. The quantitative estimate of drug-likeness (QED) is 0.471. The molecule has 1 rings (SSSR count). The Morgan fingerprint density at radius 2 is 2.00 bits per heavy atom. The molecule has 0 aliphatic rings. The number of ketones is 1. The minimum atomic E-state index is 0.174. The molecule has 0 amide bonds. The van der Waals surface area contributed by atoms with E-state index in [1.165, 1.54) is 4.90 Å². The fraction of sp³-hybridized carbons (Fsp3) is 0.364. The molecule has 76 valence electrons. The van der Waals surface area contributed by atoms with Crippen molar-refractivity contribution in [2.45, 2.75) is 18.2 Å². The topological polar surface area (TPSA) is 17.1 Å². The van der Waals surface area contributed by atoms with Gasteiger partial charge in [-0.25, -0.2) is 0 Å². The van der Waals surface area contributed by atoms with Crippen LogP contribution < -0.4 is 0 Å². The summed E-state index contributed by atoms with van der Waals surface area (Å²) in [4.78, 5) is 12.7. The first-order chi connectivity index (χ1) is 6.77. The third-order valence-electron chi connectivity index (χ3n) is 1.83. The van der Waals surface area contributed by atoms with Crippen LogP contribution in [-0.2, 0) is 0 Å². The lowest BCUT2D eigenvalue weighted by Crippen LogP contribution is -1.98. The zero-order valence-corrected chi connectivity index (χ0v) is 9.91. The number of hydrogen-bond acceptors (Lipinski definition) is 3. The minimum absolute atomic E-state index is 0.174. The normalized spacial score (nSPS) is 10.1. The van der Waals surface area contributed by atoms with Crippen LogP contribution in [0.1, 0.15) is 23.7 Å². The third-order valence-corrected chi connectivity index (χ3v) is 2.94. The van der Waals surface area contributed by atoms with Gasteiger partial charge in [-0.3, -0.25) is 4.79 Å². The van der Waals surface area contributed by atoms with E-state index in [2.05, 4.69) is 19.6 Å². The highest BCUT2D eigenvalue weighted by molar-refractivity contribution is 7.99. The predicted molar refractivity (Wildman–Crippen MR) is 65.6 cm³/mol. The maximum absolute atomic E-state index is 11.5. The van der Waals surface area contributed by atoms with E-state index < -0.39 is 0 Å². The average Bonchev–Trinajstić information content (AvgIpc) is 2.20. The number of thiol groups is 1. The van der Waals surface area contributed by atoms with Crippen LogP contribution >= 0.6 is 24.4 Å². The van der Waals surface area contributed by atoms with Crippen LogP contribution in [0.15, 0.2) is 29.2 Å². The van der Waals surface area contributed by atoms with Crippen molar-refractivity contribution >= 4 is 30.2 Å². The van der Waals surface area contributed by atoms with Crippen molar-refractivity contribution in [3.8, 4) is 0 Å². The van der Waals surface area contributed by atoms with Crippen LogP contribution in [0.4, 0.5) is 0 Å². The molecule has 1 aromatic rings. The van der Waals surface area contributed by atoms with Crippen molar-refractivity contribution in [3.63, 3.8) is 0 Å². The summed E-state index contributed by atoms with van der Waals surface area (Å²) in [5, 5.41) is 0. The van der Waals surface area contributed by atoms with Gasteiger partial charge in [0.1, 0.15) is 0 Å². The van der Waals surface area contributed by atoms with Gasteiger partial charge in [0.25, 0.3) is 0 Å². The second-order valence-corrected chi connectivity index (χ2v) is 4.64. The van der Waals surface area contributed by atoms with Gasteiger partial charge in [0.15, 0.2) is 5.78 Å². The van der Waals surface area contributed by atoms with Crippen LogP contribution in [-0.4, -0.2) is 17.3 Å². The molecule has 1 nitrogen and oxygen atoms in total. The van der Waals surface area contributed by atoms with E-state index in [0.717, 1.165) is 11.3 Å². The monoisotopic (exact) mass is 226 g/mol. The van der Waals surface area contributed by atoms with Gasteiger partial charge in [-0.05, 0) is 23.6 Å². The summed E-state index contributed by atoms with van der Waals surface area (Å²) in [5.74, 6) is 1.85. The zero-order chi connectivity index (χ0) is 10.4. The molecule has 0 saturated carbocycles. The third kappa shape index (κ3) is 3.39. The molecular weight excluding hydrogens is 212 g/mol. The fourth-order valence-corrected chi connectivity index (χ4v) is 2.01. The van der Waals surface area contributed by atoms with Gasteiger partial charge in [0.05, 0.1) is 0 Å². The number of Topliss-reactive ketones (excluding diaryl/α,β-unsaturated/α-hetero) is 1. The summed E-state index contributed by atoms with van der Waals surface area (Å²) >= 11 is 5.82. The number of thioether (sulfide) groups is 1. The summed E-state index contributed by atoms with van der Waals surface area (Å²) in [6.45, 7) is 2.12. The van der Waals surface area contributed by atoms with E-state index in [0.29, 0.717) is 12.2 Å². The van der Waals surface area contributed by atoms with Crippen LogP contribution in [0.3, 0.4) is 0 Å². The molecule has 3 heteroatoms. The number of carbonyl (C=O) groups excluding carboxylic acids is 1. The molecule has 14 heavy (non-hydrogen) atoms. The Bertz CT molecular complexity index is 293. The van der Waals surface area contributed by atoms with Crippen molar-refractivity contribution in [2.75, 3.05) is 11.5 Å². The Labute approximate surface area is 94.7 Å². The van der Waals surface area contributed by atoms with Gasteiger partial charge in [-0.1, -0.05) is 19.1 Å². The van der Waals surface area contributed by atoms with Gasteiger partial charge in [-0.2, -0.15) is 12.6 Å². The van der Waals surface area contributed by atoms with E-state index in [9.17, 15) is 4.79 Å². The van der Waals surface area contributed by atoms with Crippen molar-refractivity contribution in [1.29, 1.82) is 0 Å². The molecule has 0 unspecified atom stereocenters. The van der Waals surface area contributed by atoms with E-state index in [-0.39, 0.29) is 5.78 Å². The molecule has 0 heterocycles. The molecule has 0 bridgehead atoms. The summed E-state index contributed by atoms with van der Waals surface area (Å²) in [6.07, 6.45) is 0.517. The molecular formula is C11H14OS2. The molecule has 0 N–H and O–H groups in total. The molecule has 0 spiro atoms. The van der Waals surface area contributed by atoms with Crippen molar-refractivity contribution in [1.82, 2.24) is 0 Å². The van der Waals surface area contributed by atoms with E-state index >= 15 is 0 Å². The number of rotatable bonds is 5. The smallest absolute Gasteiger partial charge is 0.163 e. The second-order valence-electron chi connectivity index (χ2n) is 2.85. The van der Waals surface area contributed by atoms with Crippen molar-refractivity contribution in [2.24, 2.45) is 0 Å². The highest BCUT2D eigenvalue weighted by Crippen LogP contribution is 2.18. The fourth-order valence-electron chi connectivity index (χ4n) is 1.15. The molecule has 0 aliphatic heterocycles. The average molecular weight is 226 g/mol. The summed E-state index contributed by atoms with van der Waals surface area (Å²) in [5.41, 5.74) is 0.791. The Morgan fingerprint density at radius 3 is 2.50 bits per heavy atom. The Kier molecular flexibility index (Phi) is 5.12. The SMILES string of the molecule is CCSc1ccc(C(=O)CCS)cc1. The Balaban J connectivity index is 2.67. The Hall–Kier alpha value is -0.410. The lowest BCUT2D eigenvalue weighted by molar-refractivity contribution is 0.0989. The standard InChI is InChI=1S/C11H14OS2/c1-2-14-10-5-3-9(4-6-10)11(12)7-8-13/h3-6,13H,2,7-8H2,1H3. The van der Waals surface area contributed by atoms with Gasteiger partial charge in [-0.15, -0.1) is 11.8 Å². The van der Waals surface area contributed by atoms with Gasteiger partial charge in [0, 0.05) is 16.9 Å². The first-order valence-electron chi connectivity index (χ1n) is 4.65. The van der Waals surface area contributed by atoms with Crippen molar-refractivity contribution in [3.05, 3.63) is 29.8 Å². The summed E-state index contributed by atoms with van der Waals surface area (Å²) < 4.78 is 0. The van der Waals surface area contributed by atoms with Crippen molar-refractivity contribution < 1.29 is 4.79 Å². The molecule has 0 fully saturated rings. The van der Waals surface area contributed by atoms with Gasteiger partial charge >= 0.3 is 0 Å². The highest BCUT2D eigenvalue weighted by atomic mass is 32.2. The maximum Gasteiger partial charge on any atom is 0.163 e. The lowest BCUT2D eigenvalue weighted by atomic mass is 10.1. The van der Waals surface area contributed by atoms with Gasteiger partial charge in [0.2, 0.25) is 0 Å². The van der Waals surface area contributed by atoms with Crippen LogP contribution in [0, 0.1) is 0 Å². The van der Waals surface area contributed by atoms with E-state index in [1.54, 1.807) is 11.8 Å². The Morgan fingerprint density at radius 1 is 1.36 bits per heavy atom. The van der Waals surface area contributed by atoms with Crippen LogP contribution in [0.25, 0.3) is 0 Å². The molecule has 0 aliphatic carbocycles. The van der Waals surface area contributed by atoms with Gasteiger partial charge < -0.3 is 0 Å². The maximum atomic E-state index is 11.5. The highest BCUT2D eigenvalue weighted by Gasteiger charge is 2.03. The molecule has 0 saturated heterocycles. The molecule has 1 aromatic carbocycles. The largest absolute Gasteiger partial charge is 0.294 e. The summed E-state index contributed by atoms with van der Waals surface area (Å²) in [6, 6.07) is 7.79. The van der Waals surface area contributed by atoms with E-state index in [1.807, 2.05) is 24.3 Å². The molecule has 0 aromatic heterocycles. The molecule has 0 radical (unpaired) electrons. The minimum Gasteiger partial charge on any atom is -0.294 e. The number of carbonyl (C=O) groups is 1. The number of hydrogen-bond donors (Lipinski definition) is 1. The zero-order valence-electron chi connectivity index (χ0n) is 8.19. The first kappa shape index (κ1) is 11.7. The second kappa shape index (κ2) is 6.14. The predicted octanol–water partition coefficient (Wildman–Crippen LogP) is 3.30.